The Hall–Kier alpha value is -2.83. The molecule has 6 nitrogen and oxygen atoms in total. The molecule has 3 rings (SSSR count). The van der Waals surface area contributed by atoms with Gasteiger partial charge in [0.15, 0.2) is 0 Å². The van der Waals surface area contributed by atoms with Crippen molar-refractivity contribution in [2.75, 3.05) is 13.2 Å². The first-order chi connectivity index (χ1) is 12.4. The lowest BCUT2D eigenvalue weighted by molar-refractivity contribution is -0.133. The van der Waals surface area contributed by atoms with Crippen LogP contribution in [0.5, 0.6) is 11.5 Å². The Labute approximate surface area is 150 Å². The molecule has 2 aromatic rings. The van der Waals surface area contributed by atoms with Gasteiger partial charge in [-0.2, -0.15) is 0 Å². The zero-order valence-corrected chi connectivity index (χ0v) is 14.5. The summed E-state index contributed by atoms with van der Waals surface area (Å²) in [5.74, 6) is -0.0462. The molecule has 0 aliphatic carbocycles. The highest BCUT2D eigenvalue weighted by Crippen LogP contribution is 2.20. The normalized spacial score (nSPS) is 16.7. The number of aromatic hydroxyl groups is 1. The number of ether oxygens (including phenoxy) is 1. The third-order valence-corrected chi connectivity index (χ3v) is 4.57. The molecule has 2 heterocycles. The molecular weight excluding hydrogens is 339 g/mol. The number of amides is 1. The van der Waals surface area contributed by atoms with Gasteiger partial charge in [-0.25, -0.2) is 4.39 Å². The number of benzene rings is 1. The summed E-state index contributed by atoms with van der Waals surface area (Å²) in [5, 5.41) is 9.45. The standard InChI is InChI=1S/C19H21FN2O4/c1-13-9-16(23)10-18(24)22(13)11-19(25)21-8-2-3-15(21)12-26-17-6-4-14(20)5-7-17/h4-7,9-10,15,23H,2-3,8,11-12H2,1H3. The van der Waals surface area contributed by atoms with Crippen LogP contribution in [0.3, 0.4) is 0 Å². The molecule has 1 aliphatic rings. The van der Waals surface area contributed by atoms with Crippen LogP contribution in [0.4, 0.5) is 4.39 Å². The van der Waals surface area contributed by atoms with E-state index < -0.39 is 5.56 Å². The number of carbonyl (C=O) groups excluding carboxylic acids is 1. The van der Waals surface area contributed by atoms with Crippen molar-refractivity contribution in [3.05, 3.63) is 58.3 Å². The minimum Gasteiger partial charge on any atom is -0.508 e. The quantitative estimate of drug-likeness (QED) is 0.886. The van der Waals surface area contributed by atoms with Crippen molar-refractivity contribution in [2.24, 2.45) is 0 Å². The van der Waals surface area contributed by atoms with E-state index in [0.29, 0.717) is 24.6 Å². The maximum Gasteiger partial charge on any atom is 0.254 e. The molecule has 0 spiro atoms. The molecule has 1 aliphatic heterocycles. The number of aryl methyl sites for hydroxylation is 1. The fraction of sp³-hybridized carbons (Fsp3) is 0.368. The van der Waals surface area contributed by atoms with Gasteiger partial charge in [0.05, 0.1) is 6.04 Å². The van der Waals surface area contributed by atoms with Gasteiger partial charge in [-0.05, 0) is 50.1 Å². The first-order valence-corrected chi connectivity index (χ1v) is 8.52. The topological polar surface area (TPSA) is 71.8 Å². The zero-order chi connectivity index (χ0) is 18.7. The summed E-state index contributed by atoms with van der Waals surface area (Å²) in [6.45, 7) is 2.54. The van der Waals surface area contributed by atoms with Crippen molar-refractivity contribution >= 4 is 5.91 Å². The molecule has 1 aromatic heterocycles. The second kappa shape index (κ2) is 7.59. The molecular formula is C19H21FN2O4. The zero-order valence-electron chi connectivity index (χ0n) is 14.5. The van der Waals surface area contributed by atoms with E-state index in [1.54, 1.807) is 24.0 Å². The predicted octanol–water partition coefficient (Wildman–Crippen LogP) is 2.07. The van der Waals surface area contributed by atoms with Gasteiger partial charge in [0.25, 0.3) is 5.56 Å². The molecule has 1 unspecified atom stereocenters. The van der Waals surface area contributed by atoms with Crippen molar-refractivity contribution in [1.29, 1.82) is 0 Å². The maximum atomic E-state index is 12.9. The molecule has 0 radical (unpaired) electrons. The molecule has 1 aromatic carbocycles. The lowest BCUT2D eigenvalue weighted by atomic mass is 10.2. The van der Waals surface area contributed by atoms with E-state index in [1.807, 2.05) is 0 Å². The third kappa shape index (κ3) is 4.04. The van der Waals surface area contributed by atoms with Gasteiger partial charge in [-0.3, -0.25) is 9.59 Å². The fourth-order valence-electron chi connectivity index (χ4n) is 3.20. The Kier molecular flexibility index (Phi) is 5.25. The monoisotopic (exact) mass is 360 g/mol. The van der Waals surface area contributed by atoms with E-state index in [9.17, 15) is 19.1 Å². The number of carbonyl (C=O) groups is 1. The maximum absolute atomic E-state index is 12.9. The van der Waals surface area contributed by atoms with E-state index in [-0.39, 0.29) is 30.1 Å². The van der Waals surface area contributed by atoms with Gasteiger partial charge >= 0.3 is 0 Å². The highest BCUT2D eigenvalue weighted by atomic mass is 19.1. The van der Waals surface area contributed by atoms with Crippen LogP contribution in [-0.2, 0) is 11.3 Å². The number of rotatable bonds is 5. The number of likely N-dealkylation sites (tertiary alicyclic amines) is 1. The van der Waals surface area contributed by atoms with Crippen LogP contribution < -0.4 is 10.3 Å². The van der Waals surface area contributed by atoms with E-state index in [4.69, 9.17) is 4.74 Å². The summed E-state index contributed by atoms with van der Waals surface area (Å²) in [6.07, 6.45) is 1.68. The van der Waals surface area contributed by atoms with E-state index in [0.717, 1.165) is 18.9 Å². The summed E-state index contributed by atoms with van der Waals surface area (Å²) in [4.78, 5) is 26.4. The summed E-state index contributed by atoms with van der Waals surface area (Å²) in [5.41, 5.74) is 0.121. The second-order valence-electron chi connectivity index (χ2n) is 6.43. The SMILES string of the molecule is Cc1cc(O)cc(=O)n1CC(=O)N1CCCC1COc1ccc(F)cc1. The average molecular weight is 360 g/mol. The minimum atomic E-state index is -0.408. The van der Waals surface area contributed by atoms with Crippen LogP contribution in [0.2, 0.25) is 0 Å². The lowest BCUT2D eigenvalue weighted by Gasteiger charge is -2.25. The summed E-state index contributed by atoms with van der Waals surface area (Å²) < 4.78 is 20.0. The number of hydrogen-bond donors (Lipinski definition) is 1. The van der Waals surface area contributed by atoms with Crippen molar-refractivity contribution < 1.29 is 19.0 Å². The molecule has 1 fully saturated rings. The van der Waals surface area contributed by atoms with Gasteiger partial charge in [-0.15, -0.1) is 0 Å². The highest BCUT2D eigenvalue weighted by Gasteiger charge is 2.29. The van der Waals surface area contributed by atoms with Gasteiger partial charge in [0.1, 0.15) is 30.5 Å². The Bertz CT molecular complexity index is 848. The molecule has 1 atom stereocenters. The predicted molar refractivity (Wildman–Crippen MR) is 93.7 cm³/mol. The molecule has 7 heteroatoms. The van der Waals surface area contributed by atoms with Crippen LogP contribution in [-0.4, -0.2) is 39.7 Å². The summed E-state index contributed by atoms with van der Waals surface area (Å²) >= 11 is 0. The molecule has 1 N–H and O–H groups in total. The van der Waals surface area contributed by atoms with Crippen molar-refractivity contribution in [3.8, 4) is 11.5 Å². The molecule has 26 heavy (non-hydrogen) atoms. The number of nitrogens with zero attached hydrogens (tertiary/aromatic N) is 2. The molecule has 0 saturated carbocycles. The van der Waals surface area contributed by atoms with Crippen molar-refractivity contribution in [2.45, 2.75) is 32.4 Å². The van der Waals surface area contributed by atoms with E-state index >= 15 is 0 Å². The van der Waals surface area contributed by atoms with Crippen LogP contribution in [0.1, 0.15) is 18.5 Å². The van der Waals surface area contributed by atoms with Gasteiger partial charge in [-0.1, -0.05) is 0 Å². The Morgan fingerprint density at radius 3 is 2.73 bits per heavy atom. The summed E-state index contributed by atoms with van der Waals surface area (Å²) in [6, 6.07) is 8.22. The first kappa shape index (κ1) is 18.0. The van der Waals surface area contributed by atoms with Crippen LogP contribution >= 0.6 is 0 Å². The van der Waals surface area contributed by atoms with Gasteiger partial charge in [0.2, 0.25) is 5.91 Å². The Balaban J connectivity index is 1.65. The van der Waals surface area contributed by atoms with Crippen LogP contribution in [0.25, 0.3) is 0 Å². The van der Waals surface area contributed by atoms with Crippen molar-refractivity contribution in [1.82, 2.24) is 9.47 Å². The molecule has 1 saturated heterocycles. The molecule has 138 valence electrons. The first-order valence-electron chi connectivity index (χ1n) is 8.52. The number of halogens is 1. The Morgan fingerprint density at radius 1 is 1.31 bits per heavy atom. The van der Waals surface area contributed by atoms with Crippen molar-refractivity contribution in [3.63, 3.8) is 0 Å². The largest absolute Gasteiger partial charge is 0.508 e. The fourth-order valence-corrected chi connectivity index (χ4v) is 3.20. The smallest absolute Gasteiger partial charge is 0.254 e. The van der Waals surface area contributed by atoms with E-state index in [1.165, 1.54) is 22.8 Å². The van der Waals surface area contributed by atoms with E-state index in [2.05, 4.69) is 0 Å². The average Bonchev–Trinajstić information content (AvgIpc) is 3.06. The number of aromatic nitrogens is 1. The summed E-state index contributed by atoms with van der Waals surface area (Å²) in [7, 11) is 0. The second-order valence-corrected chi connectivity index (χ2v) is 6.43. The van der Waals surface area contributed by atoms with Gasteiger partial charge in [0, 0.05) is 18.3 Å². The molecule has 1 amide bonds. The van der Waals surface area contributed by atoms with Gasteiger partial charge < -0.3 is 19.3 Å². The molecule has 0 bridgehead atoms. The Morgan fingerprint density at radius 2 is 2.04 bits per heavy atom. The number of pyridine rings is 1. The van der Waals surface area contributed by atoms with Crippen LogP contribution in [0, 0.1) is 12.7 Å². The third-order valence-electron chi connectivity index (χ3n) is 4.57. The lowest BCUT2D eigenvalue weighted by Crippen LogP contribution is -2.42. The highest BCUT2D eigenvalue weighted by molar-refractivity contribution is 5.76. The van der Waals surface area contributed by atoms with Crippen LogP contribution in [0.15, 0.2) is 41.2 Å². The number of hydrogen-bond acceptors (Lipinski definition) is 4. The minimum absolute atomic E-state index is 0.0714.